The largest absolute Gasteiger partial charge is 0.480 e. The molecule has 0 aromatic rings. The van der Waals surface area contributed by atoms with Crippen molar-refractivity contribution in [3.63, 3.8) is 0 Å². The van der Waals surface area contributed by atoms with E-state index in [1.54, 1.807) is 0 Å². The Morgan fingerprint density at radius 2 is 0.951 bits per heavy atom. The van der Waals surface area contributed by atoms with E-state index < -0.39 is 45.1 Å². The Labute approximate surface area is 370 Å². The number of carboxylic acids is 1. The van der Waals surface area contributed by atoms with E-state index in [-0.39, 0.29) is 13.0 Å². The minimum atomic E-state index is -4.65. The highest BCUT2D eigenvalue weighted by molar-refractivity contribution is 7.47. The summed E-state index contributed by atoms with van der Waals surface area (Å²) in [7, 11) is -4.65. The number of unbranched alkanes of at least 4 members (excludes halogenated alkanes) is 10. The SMILES string of the molecule is CC/C=C\C/C=C\C/C=C\C/C=C\C/C=C\C/C=C\C/C=C\CCCC(=O)OC(COCCCCCCCC/C=C\C/C=C\CCCCC)COP(=O)(O)OCC(N)C(=O)O. The molecule has 4 N–H and O–H groups in total. The van der Waals surface area contributed by atoms with Crippen LogP contribution in [0.5, 0.6) is 0 Å². The Balaban J connectivity index is 4.38. The number of carboxylic acid groups (broad SMARTS) is 1. The van der Waals surface area contributed by atoms with Gasteiger partial charge in [0.05, 0.1) is 19.8 Å². The molecule has 0 aromatic carbocycles. The van der Waals surface area contributed by atoms with E-state index in [1.807, 2.05) is 6.08 Å². The summed E-state index contributed by atoms with van der Waals surface area (Å²) in [5, 5.41) is 8.91. The van der Waals surface area contributed by atoms with Crippen LogP contribution in [0.2, 0.25) is 0 Å². The standard InChI is InChI=1S/C50H82NO9P/c1-3-5-7-9-11-13-15-17-19-21-22-23-24-25-26-27-28-30-32-34-36-38-40-42-49(52)60-47(45-58-61(55,56)59-46-48(51)50(53)54)44-57-43-41-39-37-35-33-31-29-20-18-16-14-12-10-8-6-4-2/h5,7,11-14,17-20,22-23,25-26,28,30,34,36,47-48H,3-4,6,8-10,15-16,21,24,27,29,31-33,35,37-46,51H2,1-2H3,(H,53,54)(H,55,56)/b7-5-,13-11-,14-12-,19-17-,20-18-,23-22-,26-25-,30-28-,36-34-. The average molecular weight is 872 g/mol. The van der Waals surface area contributed by atoms with Gasteiger partial charge in [-0.05, 0) is 96.3 Å². The minimum Gasteiger partial charge on any atom is -0.480 e. The third kappa shape index (κ3) is 44.5. The van der Waals surface area contributed by atoms with Crippen molar-refractivity contribution in [1.29, 1.82) is 0 Å². The molecule has 0 aliphatic rings. The monoisotopic (exact) mass is 872 g/mol. The maximum absolute atomic E-state index is 12.6. The molecule has 0 aliphatic carbocycles. The third-order valence-electron chi connectivity index (χ3n) is 9.04. The van der Waals surface area contributed by atoms with E-state index in [2.05, 4.69) is 117 Å². The Bertz CT molecular complexity index is 1380. The smallest absolute Gasteiger partial charge is 0.472 e. The topological polar surface area (TPSA) is 155 Å². The molecule has 3 atom stereocenters. The van der Waals surface area contributed by atoms with Gasteiger partial charge in [0, 0.05) is 13.0 Å². The van der Waals surface area contributed by atoms with Crippen molar-refractivity contribution in [1.82, 2.24) is 0 Å². The second-order valence-electron chi connectivity index (χ2n) is 14.8. The highest BCUT2D eigenvalue weighted by Gasteiger charge is 2.27. The average Bonchev–Trinajstić information content (AvgIpc) is 3.24. The van der Waals surface area contributed by atoms with E-state index in [4.69, 9.17) is 29.4 Å². The Morgan fingerprint density at radius 3 is 1.43 bits per heavy atom. The van der Waals surface area contributed by atoms with Crippen molar-refractivity contribution >= 4 is 19.8 Å². The molecular weight excluding hydrogens is 790 g/mol. The lowest BCUT2D eigenvalue weighted by Crippen LogP contribution is -2.34. The van der Waals surface area contributed by atoms with Gasteiger partial charge in [-0.25, -0.2) is 4.57 Å². The van der Waals surface area contributed by atoms with Crippen molar-refractivity contribution in [2.45, 2.75) is 167 Å². The zero-order valence-electron chi connectivity index (χ0n) is 37.7. The molecule has 0 radical (unpaired) electrons. The highest BCUT2D eigenvalue weighted by atomic mass is 31.2. The van der Waals surface area contributed by atoms with Crippen LogP contribution in [0.4, 0.5) is 0 Å². The van der Waals surface area contributed by atoms with Crippen molar-refractivity contribution in [2.24, 2.45) is 5.73 Å². The van der Waals surface area contributed by atoms with Gasteiger partial charge in [0.25, 0.3) is 0 Å². The molecule has 3 unspecified atom stereocenters. The van der Waals surface area contributed by atoms with E-state index in [0.717, 1.165) is 83.5 Å². The summed E-state index contributed by atoms with van der Waals surface area (Å²) in [5.41, 5.74) is 5.35. The van der Waals surface area contributed by atoms with Crippen LogP contribution >= 0.6 is 7.82 Å². The number of carbonyl (C=O) groups is 2. The van der Waals surface area contributed by atoms with Gasteiger partial charge in [0.15, 0.2) is 0 Å². The number of rotatable bonds is 42. The van der Waals surface area contributed by atoms with Crippen molar-refractivity contribution < 1.29 is 42.7 Å². The van der Waals surface area contributed by atoms with E-state index in [1.165, 1.54) is 38.5 Å². The predicted molar refractivity (Wildman–Crippen MR) is 253 cm³/mol. The van der Waals surface area contributed by atoms with Gasteiger partial charge in [-0.2, -0.15) is 0 Å². The van der Waals surface area contributed by atoms with Crippen LogP contribution < -0.4 is 5.73 Å². The van der Waals surface area contributed by atoms with Crippen LogP contribution in [-0.2, 0) is 32.7 Å². The Morgan fingerprint density at radius 1 is 0.541 bits per heavy atom. The molecule has 346 valence electrons. The summed E-state index contributed by atoms with van der Waals surface area (Å²) >= 11 is 0. The van der Waals surface area contributed by atoms with Gasteiger partial charge in [-0.15, -0.1) is 0 Å². The van der Waals surface area contributed by atoms with E-state index >= 15 is 0 Å². The number of hydrogen-bond acceptors (Lipinski definition) is 8. The van der Waals surface area contributed by atoms with E-state index in [0.29, 0.717) is 19.4 Å². The number of phosphoric acid groups is 1. The summed E-state index contributed by atoms with van der Waals surface area (Å²) in [6.07, 6.45) is 60.0. The number of carbonyl (C=O) groups excluding carboxylic acids is 1. The normalized spacial score (nSPS) is 14.8. The third-order valence-corrected chi connectivity index (χ3v) is 9.99. The lowest BCUT2D eigenvalue weighted by Gasteiger charge is -2.20. The summed E-state index contributed by atoms with van der Waals surface area (Å²) in [6.45, 7) is 3.62. The fourth-order valence-electron chi connectivity index (χ4n) is 5.50. The zero-order valence-corrected chi connectivity index (χ0v) is 38.6. The van der Waals surface area contributed by atoms with Gasteiger partial charge >= 0.3 is 19.8 Å². The second-order valence-corrected chi connectivity index (χ2v) is 16.2. The van der Waals surface area contributed by atoms with Crippen LogP contribution in [0.3, 0.4) is 0 Å². The van der Waals surface area contributed by atoms with Gasteiger partial charge < -0.3 is 25.2 Å². The number of ether oxygens (including phenoxy) is 2. The van der Waals surface area contributed by atoms with Crippen molar-refractivity contribution in [3.8, 4) is 0 Å². The molecule has 0 heterocycles. The fourth-order valence-corrected chi connectivity index (χ4v) is 6.28. The van der Waals surface area contributed by atoms with Gasteiger partial charge in [0.1, 0.15) is 12.1 Å². The maximum atomic E-state index is 12.6. The minimum absolute atomic E-state index is 0.0213. The van der Waals surface area contributed by atoms with Crippen LogP contribution in [0.1, 0.15) is 155 Å². The number of phosphoric ester groups is 1. The second kappa shape index (κ2) is 44.7. The number of aliphatic carboxylic acids is 1. The lowest BCUT2D eigenvalue weighted by atomic mass is 10.1. The molecule has 11 heteroatoms. The first-order valence-corrected chi connectivity index (χ1v) is 24.4. The number of nitrogens with two attached hydrogens (primary N) is 1. The molecular formula is C50H82NO9P. The van der Waals surface area contributed by atoms with Crippen LogP contribution in [0.25, 0.3) is 0 Å². The zero-order chi connectivity index (χ0) is 44.8. The summed E-state index contributed by atoms with van der Waals surface area (Å²) in [5.74, 6) is -1.86. The number of hydrogen-bond donors (Lipinski definition) is 3. The fraction of sp³-hybridized carbons (Fsp3) is 0.600. The Kier molecular flexibility index (Phi) is 42.2. The van der Waals surface area contributed by atoms with Gasteiger partial charge in [-0.3, -0.25) is 18.6 Å². The highest BCUT2D eigenvalue weighted by Crippen LogP contribution is 2.43. The first kappa shape index (κ1) is 57.6. The van der Waals surface area contributed by atoms with Gasteiger partial charge in [-0.1, -0.05) is 162 Å². The molecule has 0 aliphatic heterocycles. The Hall–Kier alpha value is -3.37. The molecule has 0 rings (SSSR count). The lowest BCUT2D eigenvalue weighted by molar-refractivity contribution is -0.154. The molecule has 0 amide bonds. The molecule has 0 spiro atoms. The summed E-state index contributed by atoms with van der Waals surface area (Å²) in [4.78, 5) is 33.6. The number of esters is 1. The molecule has 0 bridgehead atoms. The van der Waals surface area contributed by atoms with Crippen LogP contribution in [-0.4, -0.2) is 60.5 Å². The van der Waals surface area contributed by atoms with Gasteiger partial charge in [0.2, 0.25) is 0 Å². The maximum Gasteiger partial charge on any atom is 0.472 e. The van der Waals surface area contributed by atoms with Crippen LogP contribution in [0, 0.1) is 0 Å². The molecule has 0 fully saturated rings. The predicted octanol–water partition coefficient (Wildman–Crippen LogP) is 13.1. The summed E-state index contributed by atoms with van der Waals surface area (Å²) < 4.78 is 33.3. The molecule has 0 saturated carbocycles. The van der Waals surface area contributed by atoms with Crippen molar-refractivity contribution in [2.75, 3.05) is 26.4 Å². The quantitative estimate of drug-likeness (QED) is 0.0234. The molecule has 0 saturated heterocycles. The molecule has 61 heavy (non-hydrogen) atoms. The first-order valence-electron chi connectivity index (χ1n) is 22.9. The summed E-state index contributed by atoms with van der Waals surface area (Å²) in [6, 6.07) is -1.49. The van der Waals surface area contributed by atoms with E-state index in [9.17, 15) is 19.0 Å². The first-order chi connectivity index (χ1) is 29.7. The van der Waals surface area contributed by atoms with Crippen LogP contribution in [0.15, 0.2) is 109 Å². The molecule has 10 nitrogen and oxygen atoms in total. The number of allylic oxidation sites excluding steroid dienone is 18. The van der Waals surface area contributed by atoms with Crippen molar-refractivity contribution in [3.05, 3.63) is 109 Å². The molecule has 0 aromatic heterocycles.